The summed E-state index contributed by atoms with van der Waals surface area (Å²) >= 11 is 0. The molecule has 1 N–H and O–H groups in total. The smallest absolute Gasteiger partial charge is 0.271 e. The fraction of sp³-hybridized carbons (Fsp3) is 0.0870. The Bertz CT molecular complexity index is 1190. The highest BCUT2D eigenvalue weighted by molar-refractivity contribution is 6.08. The number of nitro groups is 2. The van der Waals surface area contributed by atoms with E-state index in [1.54, 1.807) is 0 Å². The van der Waals surface area contributed by atoms with E-state index in [0.717, 1.165) is 28.5 Å². The maximum Gasteiger partial charge on any atom is 0.301 e. The number of anilines is 1. The lowest BCUT2D eigenvalue weighted by Crippen LogP contribution is -2.02. The lowest BCUT2D eigenvalue weighted by atomic mass is 9.88. The second-order valence-corrected chi connectivity index (χ2v) is 7.06. The molecule has 0 saturated carbocycles. The molecule has 0 heterocycles. The van der Waals surface area contributed by atoms with Crippen molar-refractivity contribution in [3.8, 4) is 0 Å². The van der Waals surface area contributed by atoms with Gasteiger partial charge in [-0.3, -0.25) is 25.7 Å². The highest BCUT2D eigenvalue weighted by atomic mass is 16.6. The van der Waals surface area contributed by atoms with Gasteiger partial charge in [-0.15, -0.1) is 0 Å². The largest absolute Gasteiger partial charge is 0.301 e. The molecular weight excluding hydrogens is 396 g/mol. The molecule has 4 rings (SSSR count). The standard InChI is InChI=1S/C23H18N4O4/c28-26(29)19-11-12-22(23(15-19)27(30)31)25-24-18-13-20(16-7-3-1-4-8-16)21(14-18)17-9-5-2-6-10-17/h1-13,15,21,25H,14H2/b24-18+. The lowest BCUT2D eigenvalue weighted by molar-refractivity contribution is -0.393. The predicted molar refractivity (Wildman–Crippen MR) is 119 cm³/mol. The third-order valence-corrected chi connectivity index (χ3v) is 5.13. The Balaban J connectivity index is 1.66. The summed E-state index contributed by atoms with van der Waals surface area (Å²) in [5.74, 6) is 0.107. The molecule has 1 aliphatic carbocycles. The van der Waals surface area contributed by atoms with Crippen LogP contribution in [-0.4, -0.2) is 15.6 Å². The van der Waals surface area contributed by atoms with Gasteiger partial charge in [-0.05, 0) is 28.8 Å². The van der Waals surface area contributed by atoms with Gasteiger partial charge in [-0.25, -0.2) is 0 Å². The van der Waals surface area contributed by atoms with E-state index < -0.39 is 15.5 Å². The van der Waals surface area contributed by atoms with Gasteiger partial charge in [0.25, 0.3) is 5.69 Å². The van der Waals surface area contributed by atoms with E-state index in [1.807, 2.05) is 54.6 Å². The molecule has 0 aliphatic heterocycles. The molecule has 0 bridgehead atoms. The summed E-state index contributed by atoms with van der Waals surface area (Å²) in [6, 6.07) is 23.5. The third kappa shape index (κ3) is 4.32. The fourth-order valence-electron chi connectivity index (χ4n) is 3.65. The number of non-ortho nitro benzene ring substituents is 1. The van der Waals surface area contributed by atoms with E-state index >= 15 is 0 Å². The average molecular weight is 414 g/mol. The Morgan fingerprint density at radius 3 is 2.19 bits per heavy atom. The van der Waals surface area contributed by atoms with E-state index in [1.165, 1.54) is 12.1 Å². The summed E-state index contributed by atoms with van der Waals surface area (Å²) in [4.78, 5) is 20.9. The molecule has 1 aliphatic rings. The molecule has 0 spiro atoms. The molecule has 0 saturated heterocycles. The summed E-state index contributed by atoms with van der Waals surface area (Å²) in [5.41, 5.74) is 6.17. The molecule has 0 amide bonds. The van der Waals surface area contributed by atoms with Crippen molar-refractivity contribution < 1.29 is 9.85 Å². The van der Waals surface area contributed by atoms with Crippen LogP contribution >= 0.6 is 0 Å². The molecule has 154 valence electrons. The molecule has 1 unspecified atom stereocenters. The summed E-state index contributed by atoms with van der Waals surface area (Å²) in [7, 11) is 0. The highest BCUT2D eigenvalue weighted by Gasteiger charge is 2.26. The molecule has 0 aromatic heterocycles. The molecule has 8 nitrogen and oxygen atoms in total. The Hall–Kier alpha value is -4.33. The minimum absolute atomic E-state index is 0.0981. The molecule has 3 aromatic rings. The van der Waals surface area contributed by atoms with Crippen LogP contribution in [0.15, 0.2) is 90.0 Å². The Labute approximate surface area is 177 Å². The van der Waals surface area contributed by atoms with Crippen molar-refractivity contribution in [3.63, 3.8) is 0 Å². The van der Waals surface area contributed by atoms with Crippen molar-refractivity contribution in [2.24, 2.45) is 5.10 Å². The van der Waals surface area contributed by atoms with Crippen LogP contribution in [0.5, 0.6) is 0 Å². The van der Waals surface area contributed by atoms with Crippen LogP contribution < -0.4 is 5.43 Å². The first-order valence-electron chi connectivity index (χ1n) is 9.60. The van der Waals surface area contributed by atoms with Crippen molar-refractivity contribution in [2.75, 3.05) is 5.43 Å². The highest BCUT2D eigenvalue weighted by Crippen LogP contribution is 2.40. The van der Waals surface area contributed by atoms with E-state index in [9.17, 15) is 20.2 Å². The molecule has 1 atom stereocenters. The van der Waals surface area contributed by atoms with Gasteiger partial charge in [0.15, 0.2) is 0 Å². The van der Waals surface area contributed by atoms with Crippen molar-refractivity contribution in [1.29, 1.82) is 0 Å². The second-order valence-electron chi connectivity index (χ2n) is 7.06. The zero-order chi connectivity index (χ0) is 21.8. The topological polar surface area (TPSA) is 111 Å². The lowest BCUT2D eigenvalue weighted by Gasteiger charge is -2.15. The van der Waals surface area contributed by atoms with Gasteiger partial charge < -0.3 is 0 Å². The van der Waals surface area contributed by atoms with Crippen LogP contribution in [0.4, 0.5) is 17.1 Å². The maximum atomic E-state index is 11.3. The van der Waals surface area contributed by atoms with Gasteiger partial charge in [-0.2, -0.15) is 5.10 Å². The minimum Gasteiger partial charge on any atom is -0.271 e. The number of nitrogens with one attached hydrogen (secondary N) is 1. The fourth-order valence-corrected chi connectivity index (χ4v) is 3.65. The zero-order valence-corrected chi connectivity index (χ0v) is 16.3. The van der Waals surface area contributed by atoms with Crippen molar-refractivity contribution in [2.45, 2.75) is 12.3 Å². The van der Waals surface area contributed by atoms with E-state index in [-0.39, 0.29) is 17.3 Å². The normalized spacial score (nSPS) is 16.7. The zero-order valence-electron chi connectivity index (χ0n) is 16.3. The number of rotatable bonds is 6. The monoisotopic (exact) mass is 414 g/mol. The third-order valence-electron chi connectivity index (χ3n) is 5.13. The van der Waals surface area contributed by atoms with Crippen molar-refractivity contribution in [1.82, 2.24) is 0 Å². The number of hydrogen-bond acceptors (Lipinski definition) is 6. The summed E-state index contributed by atoms with van der Waals surface area (Å²) in [6.45, 7) is 0. The second kappa shape index (κ2) is 8.58. The minimum atomic E-state index is -0.668. The summed E-state index contributed by atoms with van der Waals surface area (Å²) in [6.07, 6.45) is 2.61. The molecule has 31 heavy (non-hydrogen) atoms. The summed E-state index contributed by atoms with van der Waals surface area (Å²) in [5, 5.41) is 26.7. The van der Waals surface area contributed by atoms with Gasteiger partial charge in [0.05, 0.1) is 21.6 Å². The SMILES string of the molecule is O=[N+]([O-])c1ccc(N/N=C2\C=C(c3ccccc3)C(c3ccccc3)C2)c([N+](=O)[O-])c1. The summed E-state index contributed by atoms with van der Waals surface area (Å²) < 4.78 is 0. The molecule has 0 fully saturated rings. The predicted octanol–water partition coefficient (Wildman–Crippen LogP) is 5.54. The van der Waals surface area contributed by atoms with Gasteiger partial charge in [0.1, 0.15) is 5.69 Å². The first-order valence-corrected chi connectivity index (χ1v) is 9.60. The number of hydrazone groups is 1. The Morgan fingerprint density at radius 2 is 1.55 bits per heavy atom. The van der Waals surface area contributed by atoms with Crippen LogP contribution in [-0.2, 0) is 0 Å². The number of benzene rings is 3. The van der Waals surface area contributed by atoms with Crippen molar-refractivity contribution >= 4 is 28.3 Å². The van der Waals surface area contributed by atoms with Crippen LogP contribution in [0.1, 0.15) is 23.5 Å². The van der Waals surface area contributed by atoms with E-state index in [0.29, 0.717) is 6.42 Å². The Morgan fingerprint density at radius 1 is 0.871 bits per heavy atom. The van der Waals surface area contributed by atoms with Crippen LogP contribution in [0, 0.1) is 20.2 Å². The van der Waals surface area contributed by atoms with Gasteiger partial charge >= 0.3 is 5.69 Å². The van der Waals surface area contributed by atoms with Gasteiger partial charge in [0.2, 0.25) is 0 Å². The van der Waals surface area contributed by atoms with Crippen LogP contribution in [0.2, 0.25) is 0 Å². The molecule has 0 radical (unpaired) electrons. The molecule has 3 aromatic carbocycles. The Kier molecular flexibility index (Phi) is 5.53. The van der Waals surface area contributed by atoms with Gasteiger partial charge in [-0.1, -0.05) is 60.7 Å². The molecule has 8 heteroatoms. The average Bonchev–Trinajstić information content (AvgIpc) is 3.23. The number of allylic oxidation sites excluding steroid dienone is 2. The number of hydrogen-bond donors (Lipinski definition) is 1. The van der Waals surface area contributed by atoms with E-state index in [2.05, 4.69) is 22.7 Å². The quantitative estimate of drug-likeness (QED) is 0.420. The van der Waals surface area contributed by atoms with Crippen LogP contribution in [0.25, 0.3) is 5.57 Å². The number of nitrogens with zero attached hydrogens (tertiary/aromatic N) is 3. The maximum absolute atomic E-state index is 11.3. The molecular formula is C23H18N4O4. The van der Waals surface area contributed by atoms with Crippen LogP contribution in [0.3, 0.4) is 0 Å². The van der Waals surface area contributed by atoms with E-state index in [4.69, 9.17) is 0 Å². The van der Waals surface area contributed by atoms with Crippen molar-refractivity contribution in [3.05, 3.63) is 116 Å². The van der Waals surface area contributed by atoms with Gasteiger partial charge in [0, 0.05) is 18.4 Å². The first-order chi connectivity index (χ1) is 15.0. The number of nitro benzene ring substituents is 2. The first kappa shape index (κ1) is 20.0.